The van der Waals surface area contributed by atoms with Crippen molar-refractivity contribution in [2.45, 2.75) is 46.1 Å². The molecule has 0 bridgehead atoms. The highest BCUT2D eigenvalue weighted by molar-refractivity contribution is 5.87. The maximum atomic E-state index is 11.6. The molecule has 1 saturated heterocycles. The Kier molecular flexibility index (Phi) is 6.12. The van der Waals surface area contributed by atoms with E-state index < -0.39 is 0 Å². The topological polar surface area (TPSA) is 64.9 Å². The summed E-state index contributed by atoms with van der Waals surface area (Å²) in [4.78, 5) is 13.8. The van der Waals surface area contributed by atoms with Crippen molar-refractivity contribution in [1.82, 2.24) is 10.2 Å². The molecule has 18 heavy (non-hydrogen) atoms. The average molecular weight is 255 g/mol. The first kappa shape index (κ1) is 15.0. The van der Waals surface area contributed by atoms with Crippen LogP contribution in [0.5, 0.6) is 0 Å². The van der Waals surface area contributed by atoms with E-state index in [1.165, 1.54) is 0 Å². The first-order chi connectivity index (χ1) is 8.56. The Labute approximate surface area is 109 Å². The van der Waals surface area contributed by atoms with Crippen LogP contribution in [0.4, 0.5) is 0 Å². The standard InChI is InChI=1S/C13H25N3O2/c1-4-11-9-16(7-5-12(11)15-18)8-6-13(17)14-10(2)3/h10-11,18H,4-9H2,1-3H3,(H,14,17). The van der Waals surface area contributed by atoms with Crippen molar-refractivity contribution in [3.05, 3.63) is 0 Å². The predicted molar refractivity (Wildman–Crippen MR) is 72.0 cm³/mol. The molecular formula is C13H25N3O2. The summed E-state index contributed by atoms with van der Waals surface area (Å²) in [6.07, 6.45) is 2.33. The highest BCUT2D eigenvalue weighted by Gasteiger charge is 2.24. The Morgan fingerprint density at radius 3 is 2.89 bits per heavy atom. The van der Waals surface area contributed by atoms with Gasteiger partial charge in [-0.1, -0.05) is 12.1 Å². The molecule has 5 nitrogen and oxygen atoms in total. The summed E-state index contributed by atoms with van der Waals surface area (Å²) < 4.78 is 0. The van der Waals surface area contributed by atoms with Crippen molar-refractivity contribution in [3.8, 4) is 0 Å². The van der Waals surface area contributed by atoms with Gasteiger partial charge in [0.15, 0.2) is 0 Å². The number of carbonyl (C=O) groups is 1. The van der Waals surface area contributed by atoms with Gasteiger partial charge >= 0.3 is 0 Å². The largest absolute Gasteiger partial charge is 0.411 e. The summed E-state index contributed by atoms with van der Waals surface area (Å²) in [6, 6.07) is 0.204. The number of carbonyl (C=O) groups excluding carboxylic acids is 1. The molecule has 1 heterocycles. The molecule has 1 atom stereocenters. The Morgan fingerprint density at radius 2 is 2.33 bits per heavy atom. The van der Waals surface area contributed by atoms with E-state index in [2.05, 4.69) is 22.3 Å². The van der Waals surface area contributed by atoms with E-state index in [-0.39, 0.29) is 11.9 Å². The summed E-state index contributed by atoms with van der Waals surface area (Å²) in [5, 5.41) is 15.2. The van der Waals surface area contributed by atoms with E-state index in [0.717, 1.165) is 38.2 Å². The first-order valence-corrected chi connectivity index (χ1v) is 6.79. The Morgan fingerprint density at radius 1 is 1.61 bits per heavy atom. The third-order valence-electron chi connectivity index (χ3n) is 3.36. The fraction of sp³-hybridized carbons (Fsp3) is 0.846. The zero-order valence-electron chi connectivity index (χ0n) is 11.6. The predicted octanol–water partition coefficient (Wildman–Crippen LogP) is 1.46. The van der Waals surface area contributed by atoms with Crippen LogP contribution in [0.15, 0.2) is 5.16 Å². The maximum Gasteiger partial charge on any atom is 0.221 e. The first-order valence-electron chi connectivity index (χ1n) is 6.79. The zero-order chi connectivity index (χ0) is 13.5. The van der Waals surface area contributed by atoms with Gasteiger partial charge in [-0.25, -0.2) is 0 Å². The van der Waals surface area contributed by atoms with Gasteiger partial charge in [-0.3, -0.25) is 4.79 Å². The van der Waals surface area contributed by atoms with E-state index in [1.54, 1.807) is 0 Å². The minimum absolute atomic E-state index is 0.111. The number of oxime groups is 1. The Bertz CT molecular complexity index is 303. The van der Waals surface area contributed by atoms with Crippen LogP contribution in [-0.2, 0) is 4.79 Å². The molecule has 0 aromatic rings. The van der Waals surface area contributed by atoms with Crippen molar-refractivity contribution in [1.29, 1.82) is 0 Å². The van der Waals surface area contributed by atoms with Gasteiger partial charge in [0.05, 0.1) is 5.71 Å². The summed E-state index contributed by atoms with van der Waals surface area (Å²) in [5.41, 5.74) is 0.903. The number of nitrogens with one attached hydrogen (secondary N) is 1. The number of nitrogens with zero attached hydrogens (tertiary/aromatic N) is 2. The zero-order valence-corrected chi connectivity index (χ0v) is 11.6. The van der Waals surface area contributed by atoms with Crippen molar-refractivity contribution in [2.75, 3.05) is 19.6 Å². The molecule has 1 aliphatic heterocycles. The molecular weight excluding hydrogens is 230 g/mol. The molecule has 1 rings (SSSR count). The number of hydrogen-bond donors (Lipinski definition) is 2. The SMILES string of the molecule is CCC1CN(CCC(=O)NC(C)C)CCC1=NO. The minimum atomic E-state index is 0.111. The molecule has 0 spiro atoms. The number of amides is 1. The van der Waals surface area contributed by atoms with Crippen LogP contribution < -0.4 is 5.32 Å². The fourth-order valence-corrected chi connectivity index (χ4v) is 2.34. The average Bonchev–Trinajstić information content (AvgIpc) is 2.35. The van der Waals surface area contributed by atoms with Crippen LogP contribution in [0, 0.1) is 5.92 Å². The molecule has 0 aromatic heterocycles. The molecule has 104 valence electrons. The molecule has 1 unspecified atom stereocenters. The second-order valence-corrected chi connectivity index (χ2v) is 5.22. The third-order valence-corrected chi connectivity index (χ3v) is 3.36. The Hall–Kier alpha value is -1.10. The number of likely N-dealkylation sites (tertiary alicyclic amines) is 1. The summed E-state index contributed by atoms with van der Waals surface area (Å²) in [6.45, 7) is 8.60. The molecule has 5 heteroatoms. The summed E-state index contributed by atoms with van der Waals surface area (Å²) in [7, 11) is 0. The van der Waals surface area contributed by atoms with Gasteiger partial charge in [0, 0.05) is 44.4 Å². The number of rotatable bonds is 5. The third kappa shape index (κ3) is 4.64. The van der Waals surface area contributed by atoms with Gasteiger partial charge in [0.1, 0.15) is 0 Å². The smallest absolute Gasteiger partial charge is 0.221 e. The van der Waals surface area contributed by atoms with Gasteiger partial charge in [-0.05, 0) is 20.3 Å². The highest BCUT2D eigenvalue weighted by atomic mass is 16.4. The Balaban J connectivity index is 2.34. The van der Waals surface area contributed by atoms with E-state index in [1.807, 2.05) is 13.8 Å². The summed E-state index contributed by atoms with van der Waals surface area (Å²) >= 11 is 0. The van der Waals surface area contributed by atoms with Crippen molar-refractivity contribution >= 4 is 11.6 Å². The lowest BCUT2D eigenvalue weighted by Crippen LogP contribution is -2.42. The second kappa shape index (κ2) is 7.36. The molecule has 0 aromatic carbocycles. The molecule has 0 radical (unpaired) electrons. The second-order valence-electron chi connectivity index (χ2n) is 5.22. The number of piperidine rings is 1. The molecule has 1 fully saturated rings. The monoisotopic (exact) mass is 255 g/mol. The molecule has 0 saturated carbocycles. The minimum Gasteiger partial charge on any atom is -0.411 e. The molecule has 1 aliphatic rings. The van der Waals surface area contributed by atoms with Gasteiger partial charge in [0.2, 0.25) is 5.91 Å². The molecule has 0 aliphatic carbocycles. The van der Waals surface area contributed by atoms with Crippen molar-refractivity contribution in [3.63, 3.8) is 0 Å². The van der Waals surface area contributed by atoms with Gasteiger partial charge in [-0.2, -0.15) is 0 Å². The van der Waals surface area contributed by atoms with E-state index in [4.69, 9.17) is 5.21 Å². The van der Waals surface area contributed by atoms with Crippen LogP contribution >= 0.6 is 0 Å². The number of hydrogen-bond acceptors (Lipinski definition) is 4. The summed E-state index contributed by atoms with van der Waals surface area (Å²) in [5.74, 6) is 0.441. The van der Waals surface area contributed by atoms with Crippen LogP contribution in [0.25, 0.3) is 0 Å². The normalized spacial score (nSPS) is 23.6. The molecule has 2 N–H and O–H groups in total. The lowest BCUT2D eigenvalue weighted by Gasteiger charge is -2.32. The van der Waals surface area contributed by atoms with Gasteiger partial charge in [0.25, 0.3) is 0 Å². The fourth-order valence-electron chi connectivity index (χ4n) is 2.34. The van der Waals surface area contributed by atoms with E-state index in [0.29, 0.717) is 12.3 Å². The van der Waals surface area contributed by atoms with E-state index >= 15 is 0 Å². The van der Waals surface area contributed by atoms with Crippen LogP contribution in [0.3, 0.4) is 0 Å². The van der Waals surface area contributed by atoms with Crippen LogP contribution in [0.1, 0.15) is 40.0 Å². The molecule has 1 amide bonds. The van der Waals surface area contributed by atoms with Crippen molar-refractivity contribution in [2.24, 2.45) is 11.1 Å². The quantitative estimate of drug-likeness (QED) is 0.577. The van der Waals surface area contributed by atoms with Crippen molar-refractivity contribution < 1.29 is 10.0 Å². The van der Waals surface area contributed by atoms with Crippen LogP contribution in [-0.4, -0.2) is 47.4 Å². The van der Waals surface area contributed by atoms with Crippen LogP contribution in [0.2, 0.25) is 0 Å². The lowest BCUT2D eigenvalue weighted by molar-refractivity contribution is -0.121. The highest BCUT2D eigenvalue weighted by Crippen LogP contribution is 2.17. The van der Waals surface area contributed by atoms with E-state index in [9.17, 15) is 4.79 Å². The lowest BCUT2D eigenvalue weighted by atomic mass is 9.93. The maximum absolute atomic E-state index is 11.6. The van der Waals surface area contributed by atoms with Gasteiger partial charge < -0.3 is 15.4 Å². The van der Waals surface area contributed by atoms with Gasteiger partial charge in [-0.15, -0.1) is 0 Å².